The van der Waals surface area contributed by atoms with Crippen molar-refractivity contribution < 1.29 is 18.6 Å². The highest BCUT2D eigenvalue weighted by Crippen LogP contribution is 2.45. The quantitative estimate of drug-likeness (QED) is 0.364. The second kappa shape index (κ2) is 10.3. The number of hydrogen-bond acceptors (Lipinski definition) is 4. The zero-order valence-electron chi connectivity index (χ0n) is 20.0. The summed E-state index contributed by atoms with van der Waals surface area (Å²) in [6.45, 7) is 8.91. The second-order valence-electron chi connectivity index (χ2n) is 9.37. The summed E-state index contributed by atoms with van der Waals surface area (Å²) in [6.07, 6.45) is -0.712. The smallest absolute Gasteiger partial charge is 0.132 e. The molecule has 0 bridgehead atoms. The molecule has 0 aliphatic carbocycles. The van der Waals surface area contributed by atoms with Crippen molar-refractivity contribution in [3.05, 3.63) is 94.3 Å². The summed E-state index contributed by atoms with van der Waals surface area (Å²) in [5.74, 6) is 0.522. The molecule has 0 spiro atoms. The number of hydrogen-bond donors (Lipinski definition) is 1. The van der Waals surface area contributed by atoms with Gasteiger partial charge >= 0.3 is 0 Å². The monoisotopic (exact) mass is 483 g/mol. The molecule has 34 heavy (non-hydrogen) atoms. The Labute approximate surface area is 206 Å². The maximum atomic E-state index is 13.5. The molecule has 0 saturated heterocycles. The van der Waals surface area contributed by atoms with Crippen molar-refractivity contribution in [3.63, 3.8) is 0 Å². The first-order valence-electron chi connectivity index (χ1n) is 11.5. The van der Waals surface area contributed by atoms with Gasteiger partial charge in [0, 0.05) is 22.8 Å². The van der Waals surface area contributed by atoms with Gasteiger partial charge in [0.15, 0.2) is 0 Å². The Morgan fingerprint density at radius 2 is 1.85 bits per heavy atom. The molecule has 0 aromatic heterocycles. The van der Waals surface area contributed by atoms with Crippen molar-refractivity contribution in [3.8, 4) is 5.75 Å². The van der Waals surface area contributed by atoms with Crippen molar-refractivity contribution in [2.24, 2.45) is 0 Å². The maximum Gasteiger partial charge on any atom is 0.132 e. The van der Waals surface area contributed by atoms with Gasteiger partial charge in [0.1, 0.15) is 29.4 Å². The summed E-state index contributed by atoms with van der Waals surface area (Å²) in [5, 5.41) is 4.05. The van der Waals surface area contributed by atoms with E-state index in [0.29, 0.717) is 18.2 Å². The van der Waals surface area contributed by atoms with Crippen molar-refractivity contribution >= 4 is 17.3 Å². The molecule has 1 aliphatic heterocycles. The molecular formula is C28H31ClFNO3. The van der Waals surface area contributed by atoms with Crippen LogP contribution in [0.3, 0.4) is 0 Å². The highest BCUT2D eigenvalue weighted by molar-refractivity contribution is 6.31. The van der Waals surface area contributed by atoms with E-state index in [4.69, 9.17) is 25.8 Å². The van der Waals surface area contributed by atoms with Crippen LogP contribution < -0.4 is 10.1 Å². The molecule has 0 amide bonds. The zero-order chi connectivity index (χ0) is 24.3. The van der Waals surface area contributed by atoms with Crippen LogP contribution in [0.15, 0.2) is 66.7 Å². The number of ether oxygens (including phenoxy) is 3. The lowest BCUT2D eigenvalue weighted by Crippen LogP contribution is -2.51. The average Bonchev–Trinajstić information content (AvgIpc) is 2.78. The summed E-state index contributed by atoms with van der Waals surface area (Å²) in [6, 6.07) is 20.2. The van der Waals surface area contributed by atoms with Crippen LogP contribution in [0.25, 0.3) is 0 Å². The molecule has 1 heterocycles. The van der Waals surface area contributed by atoms with Gasteiger partial charge in [-0.05, 0) is 75.2 Å². The standard InChI is InChI=1S/C28H31ClFNO3/c1-18(2)33-26-23-15-22(31-16-19-8-7-10-21(30)14-19)12-13-25(23)34-28(3,4)27(26)32-17-20-9-5-6-11-24(20)29/h5-15,18,26-27,31H,16-17H2,1-4H3. The first kappa shape index (κ1) is 24.5. The molecular weight excluding hydrogens is 453 g/mol. The Balaban J connectivity index is 1.60. The second-order valence-corrected chi connectivity index (χ2v) is 9.78. The topological polar surface area (TPSA) is 39.7 Å². The fourth-order valence-electron chi connectivity index (χ4n) is 4.21. The van der Waals surface area contributed by atoms with Gasteiger partial charge in [0.05, 0.1) is 12.7 Å². The third kappa shape index (κ3) is 5.72. The fraction of sp³-hybridized carbons (Fsp3) is 0.357. The van der Waals surface area contributed by atoms with Crippen molar-refractivity contribution in [1.29, 1.82) is 0 Å². The largest absolute Gasteiger partial charge is 0.485 e. The van der Waals surface area contributed by atoms with E-state index in [9.17, 15) is 4.39 Å². The summed E-state index contributed by atoms with van der Waals surface area (Å²) < 4.78 is 32.7. The molecule has 1 N–H and O–H groups in total. The van der Waals surface area contributed by atoms with Crippen LogP contribution in [0.5, 0.6) is 5.75 Å². The van der Waals surface area contributed by atoms with Gasteiger partial charge in [-0.1, -0.05) is 41.9 Å². The molecule has 6 heteroatoms. The van der Waals surface area contributed by atoms with E-state index in [2.05, 4.69) is 5.32 Å². The van der Waals surface area contributed by atoms with Gasteiger partial charge in [-0.15, -0.1) is 0 Å². The molecule has 3 aromatic carbocycles. The van der Waals surface area contributed by atoms with Crippen LogP contribution in [0, 0.1) is 5.82 Å². The number of anilines is 1. The Hall–Kier alpha value is -2.60. The number of halogens is 2. The zero-order valence-corrected chi connectivity index (χ0v) is 20.7. The van der Waals surface area contributed by atoms with Crippen molar-refractivity contribution in [1.82, 2.24) is 0 Å². The molecule has 0 saturated carbocycles. The molecule has 0 radical (unpaired) electrons. The van der Waals surface area contributed by atoms with Crippen LogP contribution in [-0.4, -0.2) is 17.8 Å². The predicted octanol–water partition coefficient (Wildman–Crippen LogP) is 7.31. The van der Waals surface area contributed by atoms with Crippen molar-refractivity contribution in [2.45, 2.75) is 64.8 Å². The fourth-order valence-corrected chi connectivity index (χ4v) is 4.41. The average molecular weight is 484 g/mol. The first-order valence-corrected chi connectivity index (χ1v) is 11.9. The third-order valence-corrected chi connectivity index (χ3v) is 6.20. The maximum absolute atomic E-state index is 13.5. The number of fused-ring (bicyclic) bond motifs is 1. The van der Waals surface area contributed by atoms with Crippen LogP contribution in [-0.2, 0) is 22.6 Å². The SMILES string of the molecule is CC(C)OC1c2cc(NCc3cccc(F)c3)ccc2OC(C)(C)C1OCc1ccccc1Cl. The van der Waals surface area contributed by atoms with E-state index in [-0.39, 0.29) is 24.1 Å². The normalized spacial score (nSPS) is 18.9. The summed E-state index contributed by atoms with van der Waals surface area (Å²) in [7, 11) is 0. The first-order chi connectivity index (χ1) is 16.2. The Bertz CT molecular complexity index is 1130. The molecule has 2 unspecified atom stereocenters. The van der Waals surface area contributed by atoms with E-state index in [1.165, 1.54) is 12.1 Å². The summed E-state index contributed by atoms with van der Waals surface area (Å²) in [5.41, 5.74) is 2.98. The number of benzene rings is 3. The molecule has 180 valence electrons. The molecule has 2 atom stereocenters. The van der Waals surface area contributed by atoms with Gasteiger partial charge in [-0.25, -0.2) is 4.39 Å². The number of nitrogens with one attached hydrogen (secondary N) is 1. The lowest BCUT2D eigenvalue weighted by molar-refractivity contribution is -0.177. The lowest BCUT2D eigenvalue weighted by atomic mass is 9.87. The van der Waals surface area contributed by atoms with Gasteiger partial charge in [-0.2, -0.15) is 0 Å². The van der Waals surface area contributed by atoms with E-state index in [1.54, 1.807) is 6.07 Å². The molecule has 4 nitrogen and oxygen atoms in total. The molecule has 4 rings (SSSR count). The van der Waals surface area contributed by atoms with Gasteiger partial charge in [0.25, 0.3) is 0 Å². The molecule has 3 aromatic rings. The van der Waals surface area contributed by atoms with Gasteiger partial charge in [-0.3, -0.25) is 0 Å². The Kier molecular flexibility index (Phi) is 7.46. The van der Waals surface area contributed by atoms with Crippen LogP contribution >= 0.6 is 11.6 Å². The minimum absolute atomic E-state index is 0.0120. The summed E-state index contributed by atoms with van der Waals surface area (Å²) in [4.78, 5) is 0. The predicted molar refractivity (Wildman–Crippen MR) is 134 cm³/mol. The minimum Gasteiger partial charge on any atom is -0.485 e. The van der Waals surface area contributed by atoms with Crippen LogP contribution in [0.4, 0.5) is 10.1 Å². The Morgan fingerprint density at radius 3 is 2.59 bits per heavy atom. The van der Waals surface area contributed by atoms with Crippen LogP contribution in [0.2, 0.25) is 5.02 Å². The van der Waals surface area contributed by atoms with Gasteiger partial charge < -0.3 is 19.5 Å². The highest BCUT2D eigenvalue weighted by Gasteiger charge is 2.46. The Morgan fingerprint density at radius 1 is 1.06 bits per heavy atom. The molecule has 1 aliphatic rings. The van der Waals surface area contributed by atoms with Crippen LogP contribution in [0.1, 0.15) is 50.5 Å². The molecule has 0 fully saturated rings. The number of rotatable bonds is 8. The van der Waals surface area contributed by atoms with Gasteiger partial charge in [0.2, 0.25) is 0 Å². The van der Waals surface area contributed by atoms with E-state index < -0.39 is 5.60 Å². The lowest BCUT2D eigenvalue weighted by Gasteiger charge is -2.45. The van der Waals surface area contributed by atoms with E-state index in [0.717, 1.165) is 28.1 Å². The van der Waals surface area contributed by atoms with Crippen molar-refractivity contribution in [2.75, 3.05) is 5.32 Å². The van der Waals surface area contributed by atoms with E-state index in [1.807, 2.05) is 76.2 Å². The van der Waals surface area contributed by atoms with E-state index >= 15 is 0 Å². The third-order valence-electron chi connectivity index (χ3n) is 5.83. The highest BCUT2D eigenvalue weighted by atomic mass is 35.5. The summed E-state index contributed by atoms with van der Waals surface area (Å²) >= 11 is 6.36. The minimum atomic E-state index is -0.621.